The van der Waals surface area contributed by atoms with E-state index in [4.69, 9.17) is 4.74 Å². The molecule has 0 saturated heterocycles. The van der Waals surface area contributed by atoms with E-state index in [1.165, 1.54) is 15.9 Å². The number of thiazole rings is 1. The van der Waals surface area contributed by atoms with Gasteiger partial charge in [-0.3, -0.25) is 4.79 Å². The maximum atomic E-state index is 12.6. The zero-order valence-corrected chi connectivity index (χ0v) is 15.9. The quantitative estimate of drug-likeness (QED) is 0.535. The fourth-order valence-corrected chi connectivity index (χ4v) is 3.53. The van der Waals surface area contributed by atoms with Gasteiger partial charge in [-0.2, -0.15) is 9.50 Å². The molecule has 136 valence electrons. The predicted molar refractivity (Wildman–Crippen MR) is 108 cm³/mol. The van der Waals surface area contributed by atoms with Crippen LogP contribution in [0.15, 0.2) is 59.4 Å². The average Bonchev–Trinajstić information content (AvgIpc) is 3.21. The molecule has 0 fully saturated rings. The van der Waals surface area contributed by atoms with Crippen molar-refractivity contribution in [3.8, 4) is 17.1 Å². The van der Waals surface area contributed by atoms with Crippen LogP contribution in [0.1, 0.15) is 19.4 Å². The first-order chi connectivity index (χ1) is 13.1. The Balaban J connectivity index is 1.63. The number of nitrogens with zero attached hydrogens (tertiary/aromatic N) is 3. The van der Waals surface area contributed by atoms with E-state index in [-0.39, 0.29) is 5.56 Å². The second-order valence-electron chi connectivity index (χ2n) is 6.69. The molecule has 27 heavy (non-hydrogen) atoms. The molecule has 0 aliphatic rings. The zero-order valence-electron chi connectivity index (χ0n) is 15.1. The minimum atomic E-state index is -0.144. The maximum absolute atomic E-state index is 12.6. The molecule has 6 heteroatoms. The Bertz CT molecular complexity index is 1160. The molecule has 0 saturated carbocycles. The summed E-state index contributed by atoms with van der Waals surface area (Å²) in [5.74, 6) is 1.83. The highest BCUT2D eigenvalue weighted by Crippen LogP contribution is 2.20. The van der Waals surface area contributed by atoms with Crippen LogP contribution in [0.4, 0.5) is 0 Å². The number of benzene rings is 2. The monoisotopic (exact) mass is 377 g/mol. The second-order valence-corrected chi connectivity index (χ2v) is 7.69. The molecule has 4 aromatic rings. The summed E-state index contributed by atoms with van der Waals surface area (Å²) in [6.45, 7) is 4.90. The molecule has 0 aliphatic heterocycles. The van der Waals surface area contributed by atoms with Gasteiger partial charge in [0.2, 0.25) is 4.96 Å². The summed E-state index contributed by atoms with van der Waals surface area (Å²) < 4.78 is 7.69. The molecule has 0 atom stereocenters. The molecule has 0 amide bonds. The van der Waals surface area contributed by atoms with Crippen LogP contribution in [0.25, 0.3) is 22.4 Å². The van der Waals surface area contributed by atoms with E-state index in [9.17, 15) is 4.79 Å². The molecule has 4 rings (SSSR count). The van der Waals surface area contributed by atoms with Crippen molar-refractivity contribution >= 4 is 22.4 Å². The molecule has 5 nitrogen and oxygen atoms in total. The number of rotatable bonds is 5. The standard InChI is InChI=1S/C21H19N3O2S/c1-14(2)13-26-17-10-8-16(9-11-17)19-22-21-24(23-19)20(25)18(27-21)12-15-6-4-3-5-7-15/h3-12,14H,13H2,1-2H3/b18-12-. The summed E-state index contributed by atoms with van der Waals surface area (Å²) in [7, 11) is 0. The van der Waals surface area contributed by atoms with Crippen LogP contribution in [0.5, 0.6) is 5.75 Å². The lowest BCUT2D eigenvalue weighted by Gasteiger charge is -2.08. The lowest BCUT2D eigenvalue weighted by Crippen LogP contribution is -2.23. The van der Waals surface area contributed by atoms with Crippen LogP contribution in [0.2, 0.25) is 0 Å². The molecule has 0 bridgehead atoms. The Hall–Kier alpha value is -2.99. The summed E-state index contributed by atoms with van der Waals surface area (Å²) >= 11 is 1.35. The van der Waals surface area contributed by atoms with Crippen LogP contribution in [-0.2, 0) is 0 Å². The number of ether oxygens (including phenoxy) is 1. The lowest BCUT2D eigenvalue weighted by atomic mass is 10.2. The first-order valence-corrected chi connectivity index (χ1v) is 9.61. The third-order valence-corrected chi connectivity index (χ3v) is 4.93. The van der Waals surface area contributed by atoms with Crippen molar-refractivity contribution in [3.05, 3.63) is 75.0 Å². The largest absolute Gasteiger partial charge is 0.493 e. The van der Waals surface area contributed by atoms with E-state index in [1.807, 2.05) is 60.7 Å². The van der Waals surface area contributed by atoms with E-state index < -0.39 is 0 Å². The Morgan fingerprint density at radius 1 is 1.11 bits per heavy atom. The molecule has 2 heterocycles. The Kier molecular flexibility index (Phi) is 4.73. The van der Waals surface area contributed by atoms with Crippen LogP contribution in [0.3, 0.4) is 0 Å². The van der Waals surface area contributed by atoms with Gasteiger partial charge in [0, 0.05) is 5.56 Å². The number of hydrogen-bond donors (Lipinski definition) is 0. The summed E-state index contributed by atoms with van der Waals surface area (Å²) in [6.07, 6.45) is 1.86. The van der Waals surface area contributed by atoms with Crippen molar-refractivity contribution in [2.45, 2.75) is 13.8 Å². The Labute approximate surface area is 160 Å². The SMILES string of the molecule is CC(C)COc1ccc(-c2nc3s/c(=C\c4ccccc4)c(=O)n3n2)cc1. The second kappa shape index (κ2) is 7.32. The van der Waals surface area contributed by atoms with Gasteiger partial charge in [0.05, 0.1) is 11.1 Å². The smallest absolute Gasteiger partial charge is 0.291 e. The molecule has 0 radical (unpaired) electrons. The van der Waals surface area contributed by atoms with Crippen molar-refractivity contribution < 1.29 is 4.74 Å². The molecular formula is C21H19N3O2S. The van der Waals surface area contributed by atoms with Crippen molar-refractivity contribution in [1.82, 2.24) is 14.6 Å². The summed E-state index contributed by atoms with van der Waals surface area (Å²) in [5, 5.41) is 4.39. The molecule has 2 aromatic carbocycles. The highest BCUT2D eigenvalue weighted by molar-refractivity contribution is 7.15. The predicted octanol–water partition coefficient (Wildman–Crippen LogP) is 3.40. The van der Waals surface area contributed by atoms with Crippen LogP contribution < -0.4 is 14.8 Å². The minimum absolute atomic E-state index is 0.144. The van der Waals surface area contributed by atoms with Crippen molar-refractivity contribution in [2.24, 2.45) is 5.92 Å². The average molecular weight is 377 g/mol. The zero-order chi connectivity index (χ0) is 18.8. The van der Waals surface area contributed by atoms with Gasteiger partial charge in [0.25, 0.3) is 5.56 Å². The fraction of sp³-hybridized carbons (Fsp3) is 0.190. The van der Waals surface area contributed by atoms with Gasteiger partial charge < -0.3 is 4.74 Å². The van der Waals surface area contributed by atoms with Crippen LogP contribution >= 0.6 is 11.3 Å². The van der Waals surface area contributed by atoms with E-state index >= 15 is 0 Å². The highest BCUT2D eigenvalue weighted by atomic mass is 32.1. The molecule has 0 unspecified atom stereocenters. The van der Waals surface area contributed by atoms with E-state index in [2.05, 4.69) is 23.9 Å². The minimum Gasteiger partial charge on any atom is -0.493 e. The number of fused-ring (bicyclic) bond motifs is 1. The lowest BCUT2D eigenvalue weighted by molar-refractivity contribution is 0.271. The fourth-order valence-electron chi connectivity index (χ4n) is 2.62. The van der Waals surface area contributed by atoms with Gasteiger partial charge in [-0.15, -0.1) is 5.10 Å². The molecular weight excluding hydrogens is 358 g/mol. The molecule has 0 N–H and O–H groups in total. The topological polar surface area (TPSA) is 56.5 Å². The van der Waals surface area contributed by atoms with E-state index in [1.54, 1.807) is 0 Å². The van der Waals surface area contributed by atoms with E-state index in [0.29, 0.717) is 27.8 Å². The van der Waals surface area contributed by atoms with Crippen LogP contribution in [0, 0.1) is 5.92 Å². The Morgan fingerprint density at radius 3 is 2.52 bits per heavy atom. The van der Waals surface area contributed by atoms with Gasteiger partial charge in [0.1, 0.15) is 5.75 Å². The first-order valence-electron chi connectivity index (χ1n) is 8.80. The van der Waals surface area contributed by atoms with Gasteiger partial charge in [-0.05, 0) is 41.8 Å². The van der Waals surface area contributed by atoms with Gasteiger partial charge in [-0.25, -0.2) is 0 Å². The summed E-state index contributed by atoms with van der Waals surface area (Å²) in [4.78, 5) is 17.7. The molecule has 0 spiro atoms. The van der Waals surface area contributed by atoms with Crippen LogP contribution in [-0.4, -0.2) is 21.2 Å². The van der Waals surface area contributed by atoms with Crippen molar-refractivity contribution in [3.63, 3.8) is 0 Å². The van der Waals surface area contributed by atoms with Gasteiger partial charge in [-0.1, -0.05) is 55.5 Å². The highest BCUT2D eigenvalue weighted by Gasteiger charge is 2.12. The van der Waals surface area contributed by atoms with Crippen molar-refractivity contribution in [1.29, 1.82) is 0 Å². The third kappa shape index (κ3) is 3.75. The normalized spacial score (nSPS) is 12.2. The maximum Gasteiger partial charge on any atom is 0.291 e. The molecule has 2 aromatic heterocycles. The van der Waals surface area contributed by atoms with Gasteiger partial charge in [0.15, 0.2) is 5.82 Å². The number of aromatic nitrogens is 3. The number of hydrogen-bond acceptors (Lipinski definition) is 5. The summed E-state index contributed by atoms with van der Waals surface area (Å²) in [5.41, 5.74) is 1.70. The Morgan fingerprint density at radius 2 is 1.85 bits per heavy atom. The van der Waals surface area contributed by atoms with Crippen molar-refractivity contribution in [2.75, 3.05) is 6.61 Å². The third-order valence-electron chi connectivity index (χ3n) is 3.98. The summed E-state index contributed by atoms with van der Waals surface area (Å²) in [6, 6.07) is 17.4. The van der Waals surface area contributed by atoms with Gasteiger partial charge >= 0.3 is 0 Å². The first kappa shape index (κ1) is 17.4. The van der Waals surface area contributed by atoms with E-state index in [0.717, 1.165) is 16.9 Å². The molecule has 0 aliphatic carbocycles.